The van der Waals surface area contributed by atoms with E-state index in [-0.39, 0.29) is 0 Å². The van der Waals surface area contributed by atoms with E-state index < -0.39 is 34.9 Å². The van der Waals surface area contributed by atoms with E-state index in [4.69, 9.17) is 0 Å². The van der Waals surface area contributed by atoms with E-state index in [1.165, 1.54) is 0 Å². The number of halogens is 6. The second kappa shape index (κ2) is 3.18. The molecule has 14 heavy (non-hydrogen) atoms. The van der Waals surface area contributed by atoms with Gasteiger partial charge in [0.05, 0.1) is 0 Å². The van der Waals surface area contributed by atoms with Crippen LogP contribution in [0.25, 0.3) is 0 Å². The maximum absolute atomic E-state index is 12.5. The molecule has 3 radical (unpaired) electrons. The molecular formula is C6BF6N-. The van der Waals surface area contributed by atoms with Gasteiger partial charge in [0.25, 0.3) is 0 Å². The van der Waals surface area contributed by atoms with Crippen molar-refractivity contribution in [1.29, 1.82) is 0 Å². The zero-order chi connectivity index (χ0) is 11.1. The van der Waals surface area contributed by atoms with Crippen LogP contribution in [-0.4, -0.2) is 12.8 Å². The maximum Gasteiger partial charge on any atom is 0.436 e. The maximum atomic E-state index is 12.5. The Balaban J connectivity index is 3.49. The lowest BCUT2D eigenvalue weighted by atomic mass is 9.96. The first-order valence-corrected chi connectivity index (χ1v) is 3.12. The van der Waals surface area contributed by atoms with Crippen molar-refractivity contribution in [1.82, 2.24) is 4.98 Å². The van der Waals surface area contributed by atoms with Crippen LogP contribution in [0.2, 0.25) is 0 Å². The van der Waals surface area contributed by atoms with Crippen molar-refractivity contribution in [3.63, 3.8) is 0 Å². The fourth-order valence-corrected chi connectivity index (χ4v) is 0.708. The van der Waals surface area contributed by atoms with Gasteiger partial charge in [-0.15, -0.1) is 0 Å². The molecular weight excluding hydrogens is 211 g/mol. The van der Waals surface area contributed by atoms with Crippen molar-refractivity contribution in [3.8, 4) is 0 Å². The van der Waals surface area contributed by atoms with Crippen molar-refractivity contribution in [3.05, 3.63) is 23.3 Å². The minimum atomic E-state index is -5.26. The molecule has 0 atom stereocenters. The number of pyridine rings is 1. The van der Waals surface area contributed by atoms with Crippen LogP contribution < -0.4 is 5.46 Å². The van der Waals surface area contributed by atoms with Crippen LogP contribution in [-0.2, 0) is 6.18 Å². The van der Waals surface area contributed by atoms with E-state index in [0.717, 1.165) is 0 Å². The van der Waals surface area contributed by atoms with Crippen molar-refractivity contribution in [2.75, 3.05) is 0 Å². The molecule has 1 nitrogen and oxygen atoms in total. The lowest BCUT2D eigenvalue weighted by molar-refractivity contribution is -0.144. The summed E-state index contributed by atoms with van der Waals surface area (Å²) in [6, 6.07) is 0. The largest absolute Gasteiger partial charge is 0.570 e. The Hall–Kier alpha value is -1.21. The van der Waals surface area contributed by atoms with Crippen LogP contribution in [0.1, 0.15) is 5.69 Å². The molecule has 8 heteroatoms. The first-order valence-electron chi connectivity index (χ1n) is 3.12. The molecule has 0 aromatic carbocycles. The van der Waals surface area contributed by atoms with Gasteiger partial charge in [-0.1, -0.05) is 0 Å². The third-order valence-electron chi connectivity index (χ3n) is 1.34. The monoisotopic (exact) mass is 211 g/mol. The minimum absolute atomic E-state index is 1.38. The molecule has 75 valence electrons. The molecule has 0 fully saturated rings. The van der Waals surface area contributed by atoms with Crippen LogP contribution in [0.4, 0.5) is 26.3 Å². The molecule has 0 unspecified atom stereocenters. The lowest BCUT2D eigenvalue weighted by Gasteiger charge is -2.14. The second-order valence-electron chi connectivity index (χ2n) is 2.29. The summed E-state index contributed by atoms with van der Waals surface area (Å²) in [5.41, 5.74) is -3.64. The molecule has 1 aromatic heterocycles. The number of hydrogen-bond acceptors (Lipinski definition) is 1. The molecule has 1 rings (SSSR count). The zero-order valence-electron chi connectivity index (χ0n) is 6.29. The standard InChI is InChI=1S/C6BF6N/c7-1-2(8)3(9)4(6(11,12)13)14-5(1)10/q-1. The Bertz CT molecular complexity index is 374. The van der Waals surface area contributed by atoms with Crippen molar-refractivity contribution in [2.24, 2.45) is 0 Å². The summed E-state index contributed by atoms with van der Waals surface area (Å²) in [6.07, 6.45) is -5.26. The van der Waals surface area contributed by atoms with Gasteiger partial charge in [-0.25, -0.2) is 19.2 Å². The van der Waals surface area contributed by atoms with E-state index in [1.807, 2.05) is 0 Å². The smallest absolute Gasteiger partial charge is 0.436 e. The fraction of sp³-hybridized carbons (Fsp3) is 0.167. The van der Waals surface area contributed by atoms with E-state index in [1.54, 1.807) is 0 Å². The highest BCUT2D eigenvalue weighted by Crippen LogP contribution is 2.30. The molecule has 0 aliphatic carbocycles. The Labute approximate surface area is 75.2 Å². The van der Waals surface area contributed by atoms with E-state index in [0.29, 0.717) is 0 Å². The number of hydrogen-bond donors (Lipinski definition) is 0. The first kappa shape index (κ1) is 10.9. The van der Waals surface area contributed by atoms with Gasteiger partial charge in [0, 0.05) is 0 Å². The Morgan fingerprint density at radius 1 is 1.00 bits per heavy atom. The summed E-state index contributed by atoms with van der Waals surface area (Å²) in [5, 5.41) is 0. The van der Waals surface area contributed by atoms with Crippen molar-refractivity contribution < 1.29 is 26.3 Å². The van der Waals surface area contributed by atoms with Gasteiger partial charge in [0.2, 0.25) is 0 Å². The van der Waals surface area contributed by atoms with Gasteiger partial charge < -0.3 is 7.85 Å². The van der Waals surface area contributed by atoms with Crippen molar-refractivity contribution >= 4 is 13.3 Å². The van der Waals surface area contributed by atoms with Crippen LogP contribution in [0.5, 0.6) is 0 Å². The van der Waals surface area contributed by atoms with Crippen molar-refractivity contribution in [2.45, 2.75) is 6.18 Å². The molecule has 1 heterocycles. The molecule has 0 amide bonds. The summed E-state index contributed by atoms with van der Waals surface area (Å²) in [6.45, 7) is 0. The van der Waals surface area contributed by atoms with Crippen LogP contribution in [0.3, 0.4) is 0 Å². The fourth-order valence-electron chi connectivity index (χ4n) is 0.708. The Morgan fingerprint density at radius 2 is 1.50 bits per heavy atom. The molecule has 1 aromatic rings. The second-order valence-corrected chi connectivity index (χ2v) is 2.29. The number of rotatable bonds is 0. The molecule has 0 N–H and O–H groups in total. The summed E-state index contributed by atoms with van der Waals surface area (Å²) in [4.78, 5) is 2.17. The first-order chi connectivity index (χ1) is 6.25. The molecule has 0 aliphatic rings. The number of alkyl halides is 3. The summed E-state index contributed by atoms with van der Waals surface area (Å²) < 4.78 is 73.0. The SMILES string of the molecule is [B-]c1c(F)nc(C(F)(F)F)c(F)c1F. The average molecular weight is 211 g/mol. The molecule has 0 bridgehead atoms. The average Bonchev–Trinajstić information content (AvgIpc) is 2.06. The summed E-state index contributed by atoms with van der Waals surface area (Å²) >= 11 is 0. The van der Waals surface area contributed by atoms with Gasteiger partial charge in [-0.05, 0) is 0 Å². The molecule has 0 saturated carbocycles. The Morgan fingerprint density at radius 3 is 1.93 bits per heavy atom. The number of aromatic nitrogens is 1. The predicted octanol–water partition coefficient (Wildman–Crippen LogP) is 1.31. The third kappa shape index (κ3) is 1.68. The van der Waals surface area contributed by atoms with E-state index >= 15 is 0 Å². The van der Waals surface area contributed by atoms with Gasteiger partial charge in [-0.2, -0.15) is 17.6 Å². The van der Waals surface area contributed by atoms with Gasteiger partial charge in [0.15, 0.2) is 17.5 Å². The van der Waals surface area contributed by atoms with Gasteiger partial charge >= 0.3 is 6.18 Å². The normalized spacial score (nSPS) is 11.9. The number of nitrogens with zero attached hydrogens (tertiary/aromatic N) is 1. The molecule has 0 spiro atoms. The summed E-state index contributed by atoms with van der Waals surface area (Å²) in [5.74, 6) is -6.29. The predicted molar refractivity (Wildman–Crippen MR) is 34.5 cm³/mol. The van der Waals surface area contributed by atoms with E-state index in [2.05, 4.69) is 12.8 Å². The molecule has 0 saturated heterocycles. The summed E-state index contributed by atoms with van der Waals surface area (Å²) in [7, 11) is 4.58. The molecule has 0 aliphatic heterocycles. The van der Waals surface area contributed by atoms with E-state index in [9.17, 15) is 26.3 Å². The quantitative estimate of drug-likeness (QED) is 0.358. The van der Waals surface area contributed by atoms with Gasteiger partial charge in [0.1, 0.15) is 5.82 Å². The highest BCUT2D eigenvalue weighted by atomic mass is 19.4. The van der Waals surface area contributed by atoms with Gasteiger partial charge in [-0.3, -0.25) is 0 Å². The lowest BCUT2D eigenvalue weighted by Crippen LogP contribution is -2.24. The zero-order valence-corrected chi connectivity index (χ0v) is 6.29. The topological polar surface area (TPSA) is 12.9 Å². The minimum Gasteiger partial charge on any atom is -0.570 e. The van der Waals surface area contributed by atoms with Crippen LogP contribution in [0.15, 0.2) is 0 Å². The highest BCUT2D eigenvalue weighted by Gasteiger charge is 2.38. The highest BCUT2D eigenvalue weighted by molar-refractivity contribution is 6.32. The van der Waals surface area contributed by atoms with Crippen LogP contribution in [0, 0.1) is 17.6 Å². The third-order valence-corrected chi connectivity index (χ3v) is 1.34. The Kier molecular flexibility index (Phi) is 2.47. The van der Waals surface area contributed by atoms with Crippen LogP contribution >= 0.6 is 0 Å².